The van der Waals surface area contributed by atoms with Crippen LogP contribution in [-0.4, -0.2) is 43.8 Å². The second-order valence-corrected chi connectivity index (χ2v) is 13.7. The summed E-state index contributed by atoms with van der Waals surface area (Å²) in [5.41, 5.74) is 4.04. The first-order valence-electron chi connectivity index (χ1n) is 15.5. The van der Waals surface area contributed by atoms with Gasteiger partial charge in [0, 0.05) is 19.0 Å². The molecule has 0 saturated heterocycles. The van der Waals surface area contributed by atoms with Gasteiger partial charge in [-0.2, -0.15) is 0 Å². The van der Waals surface area contributed by atoms with E-state index in [0.717, 1.165) is 52.2 Å². The van der Waals surface area contributed by atoms with E-state index in [2.05, 4.69) is 5.32 Å². The fourth-order valence-corrected chi connectivity index (χ4v) is 7.35. The van der Waals surface area contributed by atoms with E-state index in [1.165, 1.54) is 12.1 Å². The number of benzene rings is 4. The van der Waals surface area contributed by atoms with Gasteiger partial charge in [0.15, 0.2) is 0 Å². The summed E-state index contributed by atoms with van der Waals surface area (Å²) in [6.07, 6.45) is 4.23. The first-order chi connectivity index (χ1) is 21.7. The summed E-state index contributed by atoms with van der Waals surface area (Å²) in [6, 6.07) is 31.9. The number of amides is 2. The molecule has 0 aliphatic heterocycles. The topological polar surface area (TPSA) is 86.8 Å². The third kappa shape index (κ3) is 8.00. The molecule has 234 valence electrons. The Hall–Kier alpha value is -4.43. The molecule has 0 aromatic heterocycles. The van der Waals surface area contributed by atoms with Crippen molar-refractivity contribution in [1.82, 2.24) is 10.2 Å². The number of sulfonamides is 1. The van der Waals surface area contributed by atoms with Crippen molar-refractivity contribution in [2.24, 2.45) is 0 Å². The van der Waals surface area contributed by atoms with Crippen LogP contribution in [0.1, 0.15) is 47.9 Å². The van der Waals surface area contributed by atoms with Gasteiger partial charge in [-0.05, 0) is 73.2 Å². The Morgan fingerprint density at radius 3 is 2.13 bits per heavy atom. The van der Waals surface area contributed by atoms with Gasteiger partial charge in [-0.3, -0.25) is 13.9 Å². The van der Waals surface area contributed by atoms with Crippen LogP contribution in [0.3, 0.4) is 0 Å². The molecule has 0 radical (unpaired) electrons. The van der Waals surface area contributed by atoms with Crippen LogP contribution in [0.15, 0.2) is 114 Å². The fourth-order valence-electron chi connectivity index (χ4n) is 5.92. The molecule has 1 atom stereocenters. The van der Waals surface area contributed by atoms with Crippen LogP contribution in [0.2, 0.25) is 0 Å². The zero-order chi connectivity index (χ0) is 31.8. The Morgan fingerprint density at radius 1 is 0.822 bits per heavy atom. The lowest BCUT2D eigenvalue weighted by Gasteiger charge is -2.34. The molecule has 0 unspecified atom stereocenters. The Labute approximate surface area is 266 Å². The molecular weight excluding hydrogens is 582 g/mol. The Kier molecular flexibility index (Phi) is 10.4. The van der Waals surface area contributed by atoms with Crippen molar-refractivity contribution >= 4 is 27.5 Å². The normalized spacial score (nSPS) is 14.1. The van der Waals surface area contributed by atoms with Gasteiger partial charge in [0.1, 0.15) is 12.6 Å². The number of hydrogen-bond donors (Lipinski definition) is 1. The van der Waals surface area contributed by atoms with Crippen molar-refractivity contribution in [3.63, 3.8) is 0 Å². The lowest BCUT2D eigenvalue weighted by molar-refractivity contribution is -0.140. The summed E-state index contributed by atoms with van der Waals surface area (Å²) >= 11 is 0. The molecule has 2 amide bonds. The van der Waals surface area contributed by atoms with E-state index >= 15 is 0 Å². The van der Waals surface area contributed by atoms with Crippen molar-refractivity contribution in [2.75, 3.05) is 10.8 Å². The lowest BCUT2D eigenvalue weighted by atomic mass is 10.0. The van der Waals surface area contributed by atoms with Crippen LogP contribution in [-0.2, 0) is 32.6 Å². The Balaban J connectivity index is 1.57. The number of rotatable bonds is 12. The fraction of sp³-hybridized carbons (Fsp3) is 0.297. The first-order valence-corrected chi connectivity index (χ1v) is 17.0. The average Bonchev–Trinajstić information content (AvgIpc) is 3.56. The minimum absolute atomic E-state index is 0.0634. The van der Waals surface area contributed by atoms with E-state index in [1.807, 2.05) is 74.5 Å². The standard InChI is InChI=1S/C37H41N3O4S/c1-28-14-13-21-33(24-28)40(45(43,44)34-22-7-4-8-23-34)27-36(41)39(26-31-18-10-9-15-29(31)2)35(25-30-16-5-3-6-17-30)37(42)38-32-19-11-12-20-32/h3-10,13-18,21-24,32,35H,11-12,19-20,25-27H2,1-2H3,(H,38,42)/t35-/m1/s1. The van der Waals surface area contributed by atoms with Crippen molar-refractivity contribution in [3.8, 4) is 0 Å². The van der Waals surface area contributed by atoms with E-state index in [0.29, 0.717) is 12.1 Å². The number of nitrogens with one attached hydrogen (secondary N) is 1. The molecule has 4 aromatic carbocycles. The number of carbonyl (C=O) groups excluding carboxylic acids is 2. The Bertz CT molecular complexity index is 1700. The molecule has 45 heavy (non-hydrogen) atoms. The van der Waals surface area contributed by atoms with Gasteiger partial charge in [0.05, 0.1) is 10.6 Å². The van der Waals surface area contributed by atoms with Gasteiger partial charge in [-0.15, -0.1) is 0 Å². The predicted octanol–water partition coefficient (Wildman–Crippen LogP) is 6.20. The van der Waals surface area contributed by atoms with Gasteiger partial charge in [-0.25, -0.2) is 8.42 Å². The zero-order valence-corrected chi connectivity index (χ0v) is 26.7. The van der Waals surface area contributed by atoms with Crippen LogP contribution in [0.4, 0.5) is 5.69 Å². The zero-order valence-electron chi connectivity index (χ0n) is 25.9. The molecule has 1 fully saturated rings. The van der Waals surface area contributed by atoms with Crippen LogP contribution in [0.5, 0.6) is 0 Å². The maximum atomic E-state index is 14.6. The third-order valence-electron chi connectivity index (χ3n) is 8.47. The molecule has 0 bridgehead atoms. The average molecular weight is 624 g/mol. The molecule has 1 saturated carbocycles. The largest absolute Gasteiger partial charge is 0.352 e. The smallest absolute Gasteiger partial charge is 0.264 e. The predicted molar refractivity (Wildman–Crippen MR) is 178 cm³/mol. The molecule has 5 rings (SSSR count). The van der Waals surface area contributed by atoms with Crippen molar-refractivity contribution in [1.29, 1.82) is 0 Å². The van der Waals surface area contributed by atoms with E-state index in [4.69, 9.17) is 0 Å². The highest BCUT2D eigenvalue weighted by molar-refractivity contribution is 7.92. The van der Waals surface area contributed by atoms with Gasteiger partial charge in [-0.1, -0.05) is 97.8 Å². The second kappa shape index (κ2) is 14.6. The number of hydrogen-bond acceptors (Lipinski definition) is 4. The molecule has 4 aromatic rings. The van der Waals surface area contributed by atoms with Crippen LogP contribution < -0.4 is 9.62 Å². The third-order valence-corrected chi connectivity index (χ3v) is 10.3. The second-order valence-electron chi connectivity index (χ2n) is 11.8. The van der Waals surface area contributed by atoms with Crippen LogP contribution >= 0.6 is 0 Å². The van der Waals surface area contributed by atoms with Gasteiger partial charge in [0.25, 0.3) is 10.0 Å². The van der Waals surface area contributed by atoms with Gasteiger partial charge in [0.2, 0.25) is 11.8 Å². The summed E-state index contributed by atoms with van der Waals surface area (Å²) in [7, 11) is -4.12. The van der Waals surface area contributed by atoms with E-state index in [1.54, 1.807) is 41.3 Å². The molecule has 0 spiro atoms. The molecule has 1 aliphatic carbocycles. The number of nitrogens with zero attached hydrogens (tertiary/aromatic N) is 2. The van der Waals surface area contributed by atoms with Crippen molar-refractivity contribution in [3.05, 3.63) is 131 Å². The SMILES string of the molecule is Cc1cccc(N(CC(=O)N(Cc2ccccc2C)[C@H](Cc2ccccc2)C(=O)NC2CCCC2)S(=O)(=O)c2ccccc2)c1. The van der Waals surface area contributed by atoms with Crippen molar-refractivity contribution < 1.29 is 18.0 Å². The molecular formula is C37H41N3O4S. The van der Waals surface area contributed by atoms with Crippen LogP contribution in [0.25, 0.3) is 0 Å². The maximum absolute atomic E-state index is 14.6. The Morgan fingerprint density at radius 2 is 1.47 bits per heavy atom. The minimum atomic E-state index is -4.12. The quantitative estimate of drug-likeness (QED) is 0.204. The summed E-state index contributed by atoms with van der Waals surface area (Å²) in [6.45, 7) is 3.55. The molecule has 7 nitrogen and oxygen atoms in total. The number of carbonyl (C=O) groups is 2. The molecule has 1 N–H and O–H groups in total. The summed E-state index contributed by atoms with van der Waals surface area (Å²) in [5.74, 6) is -0.678. The van der Waals surface area contributed by atoms with Crippen LogP contribution in [0, 0.1) is 13.8 Å². The summed E-state index contributed by atoms with van der Waals surface area (Å²) < 4.78 is 29.4. The van der Waals surface area contributed by atoms with Gasteiger partial charge < -0.3 is 10.2 Å². The van der Waals surface area contributed by atoms with E-state index in [-0.39, 0.29) is 23.4 Å². The number of aryl methyl sites for hydroxylation is 2. The highest BCUT2D eigenvalue weighted by Gasteiger charge is 2.35. The first kappa shape index (κ1) is 32.0. The van der Waals surface area contributed by atoms with E-state index < -0.39 is 28.5 Å². The lowest BCUT2D eigenvalue weighted by Crippen LogP contribution is -2.54. The highest BCUT2D eigenvalue weighted by atomic mass is 32.2. The molecule has 0 heterocycles. The summed E-state index contributed by atoms with van der Waals surface area (Å²) in [5, 5.41) is 3.22. The molecule has 1 aliphatic rings. The monoisotopic (exact) mass is 623 g/mol. The number of anilines is 1. The van der Waals surface area contributed by atoms with E-state index in [9.17, 15) is 18.0 Å². The van der Waals surface area contributed by atoms with Gasteiger partial charge >= 0.3 is 0 Å². The minimum Gasteiger partial charge on any atom is -0.352 e. The molecule has 8 heteroatoms. The van der Waals surface area contributed by atoms with Crippen molar-refractivity contribution in [2.45, 2.75) is 69.5 Å². The maximum Gasteiger partial charge on any atom is 0.264 e. The highest BCUT2D eigenvalue weighted by Crippen LogP contribution is 2.26. The summed E-state index contributed by atoms with van der Waals surface area (Å²) in [4.78, 5) is 30.4.